The minimum atomic E-state index is -0.256. The Labute approximate surface area is 127 Å². The highest BCUT2D eigenvalue weighted by molar-refractivity contribution is 5.51. The molecule has 5 nitrogen and oxygen atoms in total. The molecule has 0 saturated carbocycles. The lowest BCUT2D eigenvalue weighted by Crippen LogP contribution is -2.54. The number of hydrogen-bond donors (Lipinski definition) is 1. The van der Waals surface area contributed by atoms with E-state index in [-0.39, 0.29) is 6.10 Å². The maximum absolute atomic E-state index is 9.65. The molecule has 5 heteroatoms. The molecule has 0 spiro atoms. The molecule has 0 bridgehead atoms. The van der Waals surface area contributed by atoms with Crippen LogP contribution in [0.1, 0.15) is 37.9 Å². The summed E-state index contributed by atoms with van der Waals surface area (Å²) < 4.78 is 0. The van der Waals surface area contributed by atoms with Crippen LogP contribution in [-0.2, 0) is 12.8 Å². The molecule has 1 saturated heterocycles. The Morgan fingerprint density at radius 3 is 2.95 bits per heavy atom. The summed E-state index contributed by atoms with van der Waals surface area (Å²) in [7, 11) is 0. The van der Waals surface area contributed by atoms with Crippen LogP contribution >= 0.6 is 0 Å². The number of aryl methyl sites for hydroxylation is 1. The SMILES string of the molecule is CCC1CN(c2ncnc3c2CCC3)CCN1CC(C)O. The highest BCUT2D eigenvalue weighted by Crippen LogP contribution is 2.29. The zero-order chi connectivity index (χ0) is 14.8. The number of piperazine rings is 1. The van der Waals surface area contributed by atoms with Crippen molar-refractivity contribution in [3.63, 3.8) is 0 Å². The molecule has 3 rings (SSSR count). The summed E-state index contributed by atoms with van der Waals surface area (Å²) in [5, 5.41) is 9.65. The summed E-state index contributed by atoms with van der Waals surface area (Å²) >= 11 is 0. The largest absolute Gasteiger partial charge is 0.392 e. The number of fused-ring (bicyclic) bond motifs is 1. The predicted molar refractivity (Wildman–Crippen MR) is 83.6 cm³/mol. The van der Waals surface area contributed by atoms with E-state index in [1.807, 2.05) is 6.92 Å². The van der Waals surface area contributed by atoms with E-state index in [9.17, 15) is 5.11 Å². The summed E-state index contributed by atoms with van der Waals surface area (Å²) in [5.41, 5.74) is 2.62. The smallest absolute Gasteiger partial charge is 0.135 e. The second-order valence-corrected chi connectivity index (χ2v) is 6.33. The van der Waals surface area contributed by atoms with Crippen LogP contribution in [0.4, 0.5) is 5.82 Å². The molecule has 2 atom stereocenters. The highest BCUT2D eigenvalue weighted by Gasteiger charge is 2.29. The van der Waals surface area contributed by atoms with Crippen molar-refractivity contribution in [3.05, 3.63) is 17.6 Å². The number of aliphatic hydroxyl groups excluding tert-OH is 1. The molecule has 2 aliphatic rings. The van der Waals surface area contributed by atoms with Gasteiger partial charge in [0, 0.05) is 43.5 Å². The third kappa shape index (κ3) is 3.04. The highest BCUT2D eigenvalue weighted by atomic mass is 16.3. The van der Waals surface area contributed by atoms with Crippen molar-refractivity contribution < 1.29 is 5.11 Å². The first-order valence-corrected chi connectivity index (χ1v) is 8.18. The third-order valence-electron chi connectivity index (χ3n) is 4.73. The van der Waals surface area contributed by atoms with Gasteiger partial charge in [-0.3, -0.25) is 4.90 Å². The van der Waals surface area contributed by atoms with Gasteiger partial charge in [-0.2, -0.15) is 0 Å². The standard InChI is InChI=1S/C16H26N4O/c1-3-13-10-20(8-7-19(13)9-12(2)21)16-14-5-4-6-15(14)17-11-18-16/h11-13,21H,3-10H2,1-2H3. The second-order valence-electron chi connectivity index (χ2n) is 6.33. The molecule has 1 fully saturated rings. The van der Waals surface area contributed by atoms with Crippen LogP contribution in [0.5, 0.6) is 0 Å². The van der Waals surface area contributed by atoms with E-state index in [1.165, 1.54) is 17.7 Å². The summed E-state index contributed by atoms with van der Waals surface area (Å²) in [5.74, 6) is 1.16. The van der Waals surface area contributed by atoms with E-state index in [4.69, 9.17) is 0 Å². The molecule has 1 aromatic rings. The Kier molecular flexibility index (Phi) is 4.40. The van der Waals surface area contributed by atoms with Crippen LogP contribution in [0.15, 0.2) is 6.33 Å². The average Bonchev–Trinajstić information content (AvgIpc) is 2.95. The lowest BCUT2D eigenvalue weighted by Gasteiger charge is -2.42. The Morgan fingerprint density at radius 2 is 2.19 bits per heavy atom. The summed E-state index contributed by atoms with van der Waals surface area (Å²) in [6.07, 6.45) is 6.01. The Morgan fingerprint density at radius 1 is 1.33 bits per heavy atom. The molecule has 0 aromatic carbocycles. The number of hydrogen-bond acceptors (Lipinski definition) is 5. The van der Waals surface area contributed by atoms with Gasteiger partial charge < -0.3 is 10.0 Å². The lowest BCUT2D eigenvalue weighted by molar-refractivity contribution is 0.0884. The predicted octanol–water partition coefficient (Wildman–Crippen LogP) is 1.25. The second kappa shape index (κ2) is 6.28. The van der Waals surface area contributed by atoms with Crippen LogP contribution in [0.25, 0.3) is 0 Å². The normalized spacial score (nSPS) is 24.1. The number of β-amino-alcohol motifs (C(OH)–C–C–N with tert-alkyl or cyclic N) is 1. The molecular formula is C16H26N4O. The quantitative estimate of drug-likeness (QED) is 0.904. The van der Waals surface area contributed by atoms with Gasteiger partial charge in [-0.1, -0.05) is 6.92 Å². The van der Waals surface area contributed by atoms with Crippen molar-refractivity contribution in [3.8, 4) is 0 Å². The minimum absolute atomic E-state index is 0.256. The van der Waals surface area contributed by atoms with Crippen molar-refractivity contribution in [1.29, 1.82) is 0 Å². The maximum atomic E-state index is 9.65. The van der Waals surface area contributed by atoms with Crippen LogP contribution in [0.2, 0.25) is 0 Å². The number of aromatic nitrogens is 2. The van der Waals surface area contributed by atoms with E-state index in [0.717, 1.165) is 51.3 Å². The Balaban J connectivity index is 1.75. The van der Waals surface area contributed by atoms with Gasteiger partial charge >= 0.3 is 0 Å². The van der Waals surface area contributed by atoms with Gasteiger partial charge in [0.2, 0.25) is 0 Å². The summed E-state index contributed by atoms with van der Waals surface area (Å²) in [6.45, 7) is 7.87. The van der Waals surface area contributed by atoms with Gasteiger partial charge in [-0.05, 0) is 32.6 Å². The number of rotatable bonds is 4. The third-order valence-corrected chi connectivity index (χ3v) is 4.73. The topological polar surface area (TPSA) is 52.5 Å². The zero-order valence-electron chi connectivity index (χ0n) is 13.1. The molecule has 1 aliphatic carbocycles. The number of anilines is 1. The minimum Gasteiger partial charge on any atom is -0.392 e. The van der Waals surface area contributed by atoms with E-state index in [1.54, 1.807) is 6.33 Å². The molecule has 2 unspecified atom stereocenters. The van der Waals surface area contributed by atoms with Gasteiger partial charge in [0.15, 0.2) is 0 Å². The van der Waals surface area contributed by atoms with Crippen LogP contribution < -0.4 is 4.90 Å². The summed E-state index contributed by atoms with van der Waals surface area (Å²) in [6, 6.07) is 0.500. The molecule has 0 amide bonds. The van der Waals surface area contributed by atoms with Crippen molar-refractivity contribution in [2.24, 2.45) is 0 Å². The molecule has 1 aromatic heterocycles. The van der Waals surface area contributed by atoms with E-state index < -0.39 is 0 Å². The average molecular weight is 290 g/mol. The fourth-order valence-corrected chi connectivity index (χ4v) is 3.67. The van der Waals surface area contributed by atoms with Crippen LogP contribution in [0.3, 0.4) is 0 Å². The molecule has 21 heavy (non-hydrogen) atoms. The number of nitrogens with zero attached hydrogens (tertiary/aromatic N) is 4. The Bertz CT molecular complexity index is 491. The molecule has 1 aliphatic heterocycles. The zero-order valence-corrected chi connectivity index (χ0v) is 13.1. The molecule has 0 radical (unpaired) electrons. The maximum Gasteiger partial charge on any atom is 0.135 e. The molecule has 1 N–H and O–H groups in total. The van der Waals surface area contributed by atoms with Gasteiger partial charge in [0.1, 0.15) is 12.1 Å². The monoisotopic (exact) mass is 290 g/mol. The first kappa shape index (κ1) is 14.7. The fourth-order valence-electron chi connectivity index (χ4n) is 3.67. The molecule has 2 heterocycles. The van der Waals surface area contributed by atoms with Crippen molar-refractivity contribution >= 4 is 5.82 Å². The van der Waals surface area contributed by atoms with Crippen molar-refractivity contribution in [2.45, 2.75) is 51.7 Å². The van der Waals surface area contributed by atoms with Gasteiger partial charge in [0.25, 0.3) is 0 Å². The van der Waals surface area contributed by atoms with Crippen molar-refractivity contribution in [2.75, 3.05) is 31.1 Å². The van der Waals surface area contributed by atoms with Gasteiger partial charge in [0.05, 0.1) is 6.10 Å². The van der Waals surface area contributed by atoms with Gasteiger partial charge in [-0.25, -0.2) is 9.97 Å². The lowest BCUT2D eigenvalue weighted by atomic mass is 10.1. The van der Waals surface area contributed by atoms with Crippen LogP contribution in [-0.4, -0.2) is 58.3 Å². The summed E-state index contributed by atoms with van der Waals surface area (Å²) in [4.78, 5) is 13.9. The first-order valence-electron chi connectivity index (χ1n) is 8.18. The molecule has 116 valence electrons. The Hall–Kier alpha value is -1.20. The number of aliphatic hydroxyl groups is 1. The van der Waals surface area contributed by atoms with E-state index >= 15 is 0 Å². The first-order chi connectivity index (χ1) is 10.2. The fraction of sp³-hybridized carbons (Fsp3) is 0.750. The van der Waals surface area contributed by atoms with E-state index in [2.05, 4.69) is 26.7 Å². The van der Waals surface area contributed by atoms with E-state index in [0.29, 0.717) is 6.04 Å². The van der Waals surface area contributed by atoms with Crippen LogP contribution in [0, 0.1) is 0 Å². The molecular weight excluding hydrogens is 264 g/mol. The van der Waals surface area contributed by atoms with Gasteiger partial charge in [-0.15, -0.1) is 0 Å². The van der Waals surface area contributed by atoms with Crippen molar-refractivity contribution in [1.82, 2.24) is 14.9 Å².